The molecule has 1 aromatic carbocycles. The van der Waals surface area contributed by atoms with E-state index in [1.807, 2.05) is 19.9 Å². The molecule has 114 valence electrons. The lowest BCUT2D eigenvalue weighted by molar-refractivity contribution is 0.191. The fourth-order valence-electron chi connectivity index (χ4n) is 1.77. The fraction of sp³-hybridized carbons (Fsp3) is 0.571. The molecule has 0 amide bonds. The number of sulfonamides is 1. The van der Waals surface area contributed by atoms with Gasteiger partial charge in [-0.2, -0.15) is 0 Å². The van der Waals surface area contributed by atoms with Crippen LogP contribution in [0.2, 0.25) is 0 Å². The molecule has 5 nitrogen and oxygen atoms in total. The summed E-state index contributed by atoms with van der Waals surface area (Å²) in [6.45, 7) is 5.01. The van der Waals surface area contributed by atoms with Crippen molar-refractivity contribution in [3.8, 4) is 0 Å². The Morgan fingerprint density at radius 1 is 1.30 bits per heavy atom. The minimum absolute atomic E-state index is 0.137. The van der Waals surface area contributed by atoms with Crippen LogP contribution in [0, 0.1) is 0 Å². The topological polar surface area (TPSA) is 67.4 Å². The molecule has 6 heteroatoms. The third kappa shape index (κ3) is 5.11. The van der Waals surface area contributed by atoms with Crippen LogP contribution in [0.1, 0.15) is 26.7 Å². The Labute approximate surface area is 121 Å². The summed E-state index contributed by atoms with van der Waals surface area (Å²) in [5.74, 6) is 0. The van der Waals surface area contributed by atoms with Gasteiger partial charge in [-0.3, -0.25) is 0 Å². The lowest BCUT2D eigenvalue weighted by Crippen LogP contribution is -2.26. The van der Waals surface area contributed by atoms with Crippen LogP contribution in [0.4, 0.5) is 5.69 Å². The second-order valence-electron chi connectivity index (χ2n) is 4.72. The van der Waals surface area contributed by atoms with E-state index in [2.05, 4.69) is 10.0 Å². The van der Waals surface area contributed by atoms with Crippen molar-refractivity contribution < 1.29 is 13.2 Å². The molecule has 0 aliphatic heterocycles. The van der Waals surface area contributed by atoms with Crippen molar-refractivity contribution in [2.24, 2.45) is 0 Å². The van der Waals surface area contributed by atoms with Gasteiger partial charge in [0.1, 0.15) is 4.90 Å². The van der Waals surface area contributed by atoms with E-state index in [9.17, 15) is 8.42 Å². The summed E-state index contributed by atoms with van der Waals surface area (Å²) >= 11 is 0. The molecule has 1 aromatic rings. The minimum atomic E-state index is -3.46. The van der Waals surface area contributed by atoms with Crippen LogP contribution in [0.3, 0.4) is 0 Å². The van der Waals surface area contributed by atoms with Gasteiger partial charge < -0.3 is 10.1 Å². The SMILES string of the molecule is CCCNS(=O)(=O)c1ccccc1NC(C)CCOC. The highest BCUT2D eigenvalue weighted by molar-refractivity contribution is 7.89. The second kappa shape index (κ2) is 8.24. The highest BCUT2D eigenvalue weighted by Gasteiger charge is 2.18. The molecule has 0 aromatic heterocycles. The van der Waals surface area contributed by atoms with Gasteiger partial charge in [0, 0.05) is 26.3 Å². The Balaban J connectivity index is 2.88. The number of methoxy groups -OCH3 is 1. The molecular weight excluding hydrogens is 276 g/mol. The highest BCUT2D eigenvalue weighted by atomic mass is 32.2. The van der Waals surface area contributed by atoms with Crippen molar-refractivity contribution in [1.29, 1.82) is 0 Å². The summed E-state index contributed by atoms with van der Waals surface area (Å²) in [6.07, 6.45) is 1.58. The zero-order valence-electron chi connectivity index (χ0n) is 12.3. The third-order valence-electron chi connectivity index (χ3n) is 2.88. The molecule has 20 heavy (non-hydrogen) atoms. The molecule has 0 bridgehead atoms. The molecule has 2 N–H and O–H groups in total. The summed E-state index contributed by atoms with van der Waals surface area (Å²) in [6, 6.07) is 7.08. The zero-order chi connectivity index (χ0) is 15.0. The largest absolute Gasteiger partial charge is 0.385 e. The standard InChI is InChI=1S/C14H24N2O3S/c1-4-10-15-20(17,18)14-8-6-5-7-13(14)16-12(2)9-11-19-3/h5-8,12,15-16H,4,9-11H2,1-3H3. The maximum atomic E-state index is 12.2. The molecule has 1 rings (SSSR count). The fourth-order valence-corrected chi connectivity index (χ4v) is 3.07. The van der Waals surface area contributed by atoms with E-state index in [0.717, 1.165) is 12.8 Å². The van der Waals surface area contributed by atoms with Gasteiger partial charge in [0.05, 0.1) is 5.69 Å². The summed E-state index contributed by atoms with van der Waals surface area (Å²) in [4.78, 5) is 0.290. The molecule has 0 heterocycles. The van der Waals surface area contributed by atoms with Crippen molar-refractivity contribution in [1.82, 2.24) is 4.72 Å². The van der Waals surface area contributed by atoms with Gasteiger partial charge in [0.2, 0.25) is 10.0 Å². The Morgan fingerprint density at radius 3 is 2.65 bits per heavy atom. The van der Waals surface area contributed by atoms with Gasteiger partial charge in [0.15, 0.2) is 0 Å². The maximum absolute atomic E-state index is 12.2. The van der Waals surface area contributed by atoms with Gasteiger partial charge in [-0.25, -0.2) is 13.1 Å². The minimum Gasteiger partial charge on any atom is -0.385 e. The number of rotatable bonds is 9. The van der Waals surface area contributed by atoms with E-state index in [1.165, 1.54) is 0 Å². The maximum Gasteiger partial charge on any atom is 0.242 e. The van der Waals surface area contributed by atoms with E-state index in [-0.39, 0.29) is 10.9 Å². The van der Waals surface area contributed by atoms with E-state index in [1.54, 1.807) is 25.3 Å². The van der Waals surface area contributed by atoms with Crippen LogP contribution in [-0.4, -0.2) is 34.7 Å². The Bertz CT molecular complexity index is 503. The Hall–Kier alpha value is -1.11. The number of anilines is 1. The van der Waals surface area contributed by atoms with Gasteiger partial charge in [-0.05, 0) is 31.9 Å². The predicted molar refractivity (Wildman–Crippen MR) is 81.5 cm³/mol. The molecule has 1 unspecified atom stereocenters. The zero-order valence-corrected chi connectivity index (χ0v) is 13.2. The molecule has 0 aliphatic rings. The normalized spacial score (nSPS) is 13.2. The molecule has 0 aliphatic carbocycles. The van der Waals surface area contributed by atoms with Crippen molar-refractivity contribution in [2.75, 3.05) is 25.6 Å². The van der Waals surface area contributed by atoms with Crippen LogP contribution in [0.15, 0.2) is 29.2 Å². The van der Waals surface area contributed by atoms with Crippen molar-refractivity contribution in [3.05, 3.63) is 24.3 Å². The summed E-state index contributed by atoms with van der Waals surface area (Å²) in [5.41, 5.74) is 0.625. The van der Waals surface area contributed by atoms with Crippen LogP contribution >= 0.6 is 0 Å². The lowest BCUT2D eigenvalue weighted by Gasteiger charge is -2.18. The number of hydrogen-bond donors (Lipinski definition) is 2. The average Bonchev–Trinajstić information content (AvgIpc) is 2.43. The van der Waals surface area contributed by atoms with E-state index in [0.29, 0.717) is 18.8 Å². The Morgan fingerprint density at radius 2 is 2.00 bits per heavy atom. The number of para-hydroxylation sites is 1. The molecule has 0 fully saturated rings. The van der Waals surface area contributed by atoms with Gasteiger partial charge in [0.25, 0.3) is 0 Å². The number of hydrogen-bond acceptors (Lipinski definition) is 4. The molecule has 1 atom stereocenters. The molecule has 0 radical (unpaired) electrons. The van der Waals surface area contributed by atoms with Crippen LogP contribution in [-0.2, 0) is 14.8 Å². The van der Waals surface area contributed by atoms with Crippen molar-refractivity contribution >= 4 is 15.7 Å². The number of benzene rings is 1. The second-order valence-corrected chi connectivity index (χ2v) is 6.46. The summed E-state index contributed by atoms with van der Waals surface area (Å²) in [5, 5.41) is 3.23. The van der Waals surface area contributed by atoms with Gasteiger partial charge in [-0.15, -0.1) is 0 Å². The predicted octanol–water partition coefficient (Wildman–Crippen LogP) is 2.21. The van der Waals surface area contributed by atoms with Crippen LogP contribution < -0.4 is 10.0 Å². The first-order valence-electron chi connectivity index (χ1n) is 6.85. The smallest absolute Gasteiger partial charge is 0.242 e. The van der Waals surface area contributed by atoms with E-state index in [4.69, 9.17) is 4.74 Å². The molecule has 0 spiro atoms. The van der Waals surface area contributed by atoms with Crippen LogP contribution in [0.5, 0.6) is 0 Å². The molecule has 0 saturated heterocycles. The molecular formula is C14H24N2O3S. The molecule has 0 saturated carbocycles. The average molecular weight is 300 g/mol. The van der Waals surface area contributed by atoms with Gasteiger partial charge >= 0.3 is 0 Å². The lowest BCUT2D eigenvalue weighted by atomic mass is 10.2. The van der Waals surface area contributed by atoms with Crippen molar-refractivity contribution in [3.63, 3.8) is 0 Å². The van der Waals surface area contributed by atoms with Crippen molar-refractivity contribution in [2.45, 2.75) is 37.6 Å². The van der Waals surface area contributed by atoms with Crippen LogP contribution in [0.25, 0.3) is 0 Å². The quantitative estimate of drug-likeness (QED) is 0.734. The monoisotopic (exact) mass is 300 g/mol. The Kier molecular flexibility index (Phi) is 6.98. The first kappa shape index (κ1) is 16.9. The summed E-state index contributed by atoms with van der Waals surface area (Å²) in [7, 11) is -1.81. The number of ether oxygens (including phenoxy) is 1. The first-order valence-corrected chi connectivity index (χ1v) is 8.33. The highest BCUT2D eigenvalue weighted by Crippen LogP contribution is 2.21. The van der Waals surface area contributed by atoms with E-state index < -0.39 is 10.0 Å². The van der Waals surface area contributed by atoms with Gasteiger partial charge in [-0.1, -0.05) is 19.1 Å². The first-order chi connectivity index (χ1) is 9.51. The third-order valence-corrected chi connectivity index (χ3v) is 4.39. The summed E-state index contributed by atoms with van der Waals surface area (Å²) < 4.78 is 32.1. The number of nitrogens with one attached hydrogen (secondary N) is 2. The van der Waals surface area contributed by atoms with E-state index >= 15 is 0 Å².